The summed E-state index contributed by atoms with van der Waals surface area (Å²) >= 11 is 5.69. The van der Waals surface area contributed by atoms with Crippen LogP contribution in [0, 0.1) is 5.92 Å². The number of amidine groups is 1. The molecule has 172 valence electrons. The molecular weight excluding hydrogens is 408 g/mol. The summed E-state index contributed by atoms with van der Waals surface area (Å²) in [5.74, 6) is 1.58. The Morgan fingerprint density at radius 1 is 1.19 bits per heavy atom. The molecule has 1 aromatic rings. The molecule has 0 saturated heterocycles. The molecule has 0 heterocycles. The van der Waals surface area contributed by atoms with Crippen LogP contribution in [0.3, 0.4) is 0 Å². The van der Waals surface area contributed by atoms with Gasteiger partial charge in [0.2, 0.25) is 5.91 Å². The Bertz CT molecular complexity index is 764. The normalized spacial score (nSPS) is 13.3. The summed E-state index contributed by atoms with van der Waals surface area (Å²) in [6.45, 7) is 16.1. The van der Waals surface area contributed by atoms with Crippen molar-refractivity contribution in [2.75, 3.05) is 6.54 Å². The number of nitrogens with zero attached hydrogens (tertiary/aromatic N) is 2. The van der Waals surface area contributed by atoms with Gasteiger partial charge in [-0.1, -0.05) is 70.5 Å². The van der Waals surface area contributed by atoms with Gasteiger partial charge in [0.15, 0.2) is 5.78 Å². The zero-order chi connectivity index (χ0) is 23.8. The Labute approximate surface area is 194 Å². The molecule has 1 fully saturated rings. The molecule has 1 aliphatic rings. The molecule has 1 saturated carbocycles. The third-order valence-electron chi connectivity index (χ3n) is 4.37. The lowest BCUT2D eigenvalue weighted by Crippen LogP contribution is -2.33. The average Bonchev–Trinajstić information content (AvgIpc) is 3.58. The van der Waals surface area contributed by atoms with Gasteiger partial charge in [-0.05, 0) is 49.8 Å². The summed E-state index contributed by atoms with van der Waals surface area (Å²) in [6.07, 6.45) is 8.90. The van der Waals surface area contributed by atoms with E-state index >= 15 is 0 Å². The number of hydrogen-bond donors (Lipinski definition) is 0. The first kappa shape index (κ1) is 28.8. The SMILES string of the molecule is C=C/C(=C\N=C(C)N(CCC)C(C)=O)C1CC1.CCC.CCC(=O)c1cccc(Cl)c1. The molecule has 0 aromatic heterocycles. The van der Waals surface area contributed by atoms with Crippen molar-refractivity contribution >= 4 is 29.1 Å². The molecule has 1 amide bonds. The van der Waals surface area contributed by atoms with Gasteiger partial charge in [0.05, 0.1) is 0 Å². The molecule has 5 heteroatoms. The first-order chi connectivity index (χ1) is 14.7. The van der Waals surface area contributed by atoms with E-state index in [9.17, 15) is 9.59 Å². The standard InChI is InChI=1S/C14H22N2O.C9H9ClO.C3H8/c1-5-9-16(12(4)17)11(3)15-10-13(6-2)14-7-8-14;1-2-9(11)7-4-3-5-8(10)6-7;1-3-2/h6,10,14H,2,5,7-9H2,1,3-4H3;3-6H,2H2,1H3;3H2,1-2H3/b13-10+,15-11?;;. The Kier molecular flexibility index (Phi) is 15.3. The van der Waals surface area contributed by atoms with E-state index in [-0.39, 0.29) is 11.7 Å². The molecule has 0 spiro atoms. The Morgan fingerprint density at radius 3 is 2.23 bits per heavy atom. The zero-order valence-corrected chi connectivity index (χ0v) is 20.8. The van der Waals surface area contributed by atoms with Gasteiger partial charge in [-0.15, -0.1) is 0 Å². The third-order valence-corrected chi connectivity index (χ3v) is 4.61. The van der Waals surface area contributed by atoms with Gasteiger partial charge < -0.3 is 4.90 Å². The van der Waals surface area contributed by atoms with Crippen LogP contribution in [-0.4, -0.2) is 29.0 Å². The molecule has 31 heavy (non-hydrogen) atoms. The number of aliphatic imine (C=N–C) groups is 1. The highest BCUT2D eigenvalue weighted by Crippen LogP contribution is 2.36. The van der Waals surface area contributed by atoms with Crippen LogP contribution in [0.2, 0.25) is 5.02 Å². The van der Waals surface area contributed by atoms with Crippen molar-refractivity contribution in [1.82, 2.24) is 4.90 Å². The molecule has 0 N–H and O–H groups in total. The van der Waals surface area contributed by atoms with Crippen LogP contribution in [0.15, 0.2) is 53.7 Å². The molecule has 1 aliphatic carbocycles. The molecule has 0 unspecified atom stereocenters. The molecule has 0 atom stereocenters. The first-order valence-electron chi connectivity index (χ1n) is 11.2. The van der Waals surface area contributed by atoms with Crippen molar-refractivity contribution in [1.29, 1.82) is 0 Å². The van der Waals surface area contributed by atoms with Crippen LogP contribution in [0.25, 0.3) is 0 Å². The van der Waals surface area contributed by atoms with Crippen LogP contribution < -0.4 is 0 Å². The predicted octanol–water partition coefficient (Wildman–Crippen LogP) is 7.49. The van der Waals surface area contributed by atoms with Crippen molar-refractivity contribution in [2.45, 2.75) is 73.6 Å². The molecule has 2 rings (SSSR count). The Balaban J connectivity index is 0.000000551. The Hall–Kier alpha value is -2.20. The van der Waals surface area contributed by atoms with Crippen LogP contribution in [0.1, 0.15) is 84.0 Å². The van der Waals surface area contributed by atoms with Crippen molar-refractivity contribution < 1.29 is 9.59 Å². The maximum Gasteiger partial charge on any atom is 0.224 e. The second-order valence-electron chi connectivity index (χ2n) is 7.45. The van der Waals surface area contributed by atoms with E-state index in [4.69, 9.17) is 11.6 Å². The van der Waals surface area contributed by atoms with E-state index < -0.39 is 0 Å². The summed E-state index contributed by atoms with van der Waals surface area (Å²) < 4.78 is 0. The van der Waals surface area contributed by atoms with Crippen molar-refractivity contribution in [2.24, 2.45) is 10.9 Å². The van der Waals surface area contributed by atoms with Crippen LogP contribution in [0.5, 0.6) is 0 Å². The zero-order valence-electron chi connectivity index (χ0n) is 20.1. The fraction of sp³-hybridized carbons (Fsp3) is 0.500. The highest BCUT2D eigenvalue weighted by molar-refractivity contribution is 6.31. The van der Waals surface area contributed by atoms with Gasteiger partial charge in [0.25, 0.3) is 0 Å². The second kappa shape index (κ2) is 16.5. The largest absolute Gasteiger partial charge is 0.301 e. The monoisotopic (exact) mass is 446 g/mol. The topological polar surface area (TPSA) is 49.7 Å². The number of carbonyl (C=O) groups is 2. The molecule has 1 aromatic carbocycles. The summed E-state index contributed by atoms with van der Waals surface area (Å²) in [4.78, 5) is 28.6. The van der Waals surface area contributed by atoms with Gasteiger partial charge in [-0.25, -0.2) is 4.99 Å². The molecule has 4 nitrogen and oxygen atoms in total. The number of hydrogen-bond acceptors (Lipinski definition) is 3. The van der Waals surface area contributed by atoms with Gasteiger partial charge in [0.1, 0.15) is 5.84 Å². The fourth-order valence-corrected chi connectivity index (χ4v) is 2.81. The second-order valence-corrected chi connectivity index (χ2v) is 7.89. The molecule has 0 radical (unpaired) electrons. The number of rotatable bonds is 7. The van der Waals surface area contributed by atoms with Crippen LogP contribution in [-0.2, 0) is 4.79 Å². The summed E-state index contributed by atoms with van der Waals surface area (Å²) in [5, 5.41) is 0.615. The maximum atomic E-state index is 11.4. The predicted molar refractivity (Wildman–Crippen MR) is 134 cm³/mol. The minimum atomic E-state index is 0.0491. The number of halogens is 1. The molecule has 0 aliphatic heterocycles. The van der Waals surface area contributed by atoms with E-state index in [1.54, 1.807) is 36.1 Å². The highest BCUT2D eigenvalue weighted by atomic mass is 35.5. The third kappa shape index (κ3) is 12.3. The molecular formula is C26H39ClN2O2. The lowest BCUT2D eigenvalue weighted by atomic mass is 10.1. The molecule has 0 bridgehead atoms. The van der Waals surface area contributed by atoms with Crippen molar-refractivity contribution in [3.63, 3.8) is 0 Å². The number of benzene rings is 1. The first-order valence-corrected chi connectivity index (χ1v) is 11.6. The summed E-state index contributed by atoms with van der Waals surface area (Å²) in [7, 11) is 0. The summed E-state index contributed by atoms with van der Waals surface area (Å²) in [6, 6.07) is 7.00. The maximum absolute atomic E-state index is 11.4. The van der Waals surface area contributed by atoms with E-state index in [1.165, 1.54) is 24.8 Å². The highest BCUT2D eigenvalue weighted by Gasteiger charge is 2.23. The minimum Gasteiger partial charge on any atom is -0.301 e. The summed E-state index contributed by atoms with van der Waals surface area (Å²) in [5.41, 5.74) is 1.88. The van der Waals surface area contributed by atoms with E-state index in [2.05, 4.69) is 32.3 Å². The van der Waals surface area contributed by atoms with E-state index in [0.717, 1.165) is 18.8 Å². The number of Topliss-reactive ketones (excluding diaryl/α,β-unsaturated/α-hetero) is 1. The smallest absolute Gasteiger partial charge is 0.224 e. The van der Waals surface area contributed by atoms with Gasteiger partial charge in [0, 0.05) is 36.7 Å². The number of ketones is 1. The van der Waals surface area contributed by atoms with Crippen molar-refractivity contribution in [3.05, 3.63) is 59.3 Å². The fourth-order valence-electron chi connectivity index (χ4n) is 2.62. The quantitative estimate of drug-likeness (QED) is 0.188. The lowest BCUT2D eigenvalue weighted by Gasteiger charge is -2.19. The van der Waals surface area contributed by atoms with Crippen LogP contribution in [0.4, 0.5) is 0 Å². The van der Waals surface area contributed by atoms with Gasteiger partial charge in [-0.2, -0.15) is 0 Å². The van der Waals surface area contributed by atoms with Gasteiger partial charge >= 0.3 is 0 Å². The number of allylic oxidation sites excluding steroid dienone is 2. The average molecular weight is 447 g/mol. The van der Waals surface area contributed by atoms with Gasteiger partial charge in [-0.3, -0.25) is 9.59 Å². The van der Waals surface area contributed by atoms with E-state index in [0.29, 0.717) is 22.9 Å². The van der Waals surface area contributed by atoms with E-state index in [1.807, 2.05) is 26.1 Å². The Morgan fingerprint density at radius 2 is 1.81 bits per heavy atom. The van der Waals surface area contributed by atoms with Crippen LogP contribution >= 0.6 is 11.6 Å². The lowest BCUT2D eigenvalue weighted by molar-refractivity contribution is -0.125. The van der Waals surface area contributed by atoms with Crippen molar-refractivity contribution in [3.8, 4) is 0 Å². The minimum absolute atomic E-state index is 0.0491. The number of carbonyl (C=O) groups excluding carboxylic acids is 2. The number of amides is 1.